The van der Waals surface area contributed by atoms with Crippen molar-refractivity contribution in [2.24, 2.45) is 5.92 Å². The van der Waals surface area contributed by atoms with E-state index in [4.69, 9.17) is 0 Å². The largest absolute Gasteiger partial charge is 0.450 e. The Balaban J connectivity index is 1.39. The molecule has 0 radical (unpaired) electrons. The lowest BCUT2D eigenvalue weighted by molar-refractivity contribution is -0.145. The number of benzene rings is 3. The van der Waals surface area contributed by atoms with Gasteiger partial charge < -0.3 is 10.4 Å². The van der Waals surface area contributed by atoms with Crippen molar-refractivity contribution in [3.63, 3.8) is 0 Å². The molecule has 1 aliphatic rings. The summed E-state index contributed by atoms with van der Waals surface area (Å²) in [5.41, 5.74) is 2.82. The lowest BCUT2D eigenvalue weighted by atomic mass is 10.1. The van der Waals surface area contributed by atoms with E-state index in [1.807, 2.05) is 30.3 Å². The first kappa shape index (κ1) is 21.2. The van der Waals surface area contributed by atoms with Crippen LogP contribution in [0.15, 0.2) is 72.8 Å². The van der Waals surface area contributed by atoms with Crippen molar-refractivity contribution in [3.8, 4) is 5.69 Å². The number of imidazole rings is 1. The topological polar surface area (TPSA) is 67.2 Å². The summed E-state index contributed by atoms with van der Waals surface area (Å²) in [5, 5.41) is 12.1. The molecule has 168 valence electrons. The molecule has 2 unspecified atom stereocenters. The number of aliphatic hydroxyl groups is 1. The monoisotopic (exact) mass is 451 g/mol. The number of halogens is 3. The number of hydrogen-bond donors (Lipinski definition) is 2. The second-order valence-electron chi connectivity index (χ2n) is 8.15. The lowest BCUT2D eigenvalue weighted by Gasteiger charge is -2.12. The molecule has 1 amide bonds. The summed E-state index contributed by atoms with van der Waals surface area (Å²) in [6.07, 6.45) is -3.89. The highest BCUT2D eigenvalue weighted by Crippen LogP contribution is 2.48. The van der Waals surface area contributed by atoms with Gasteiger partial charge in [-0.1, -0.05) is 36.4 Å². The maximum Gasteiger partial charge on any atom is 0.450 e. The molecule has 4 aromatic rings. The minimum absolute atomic E-state index is 0.0998. The average Bonchev–Trinajstić information content (AvgIpc) is 3.52. The van der Waals surface area contributed by atoms with Gasteiger partial charge in [0.05, 0.1) is 17.6 Å². The molecule has 8 heteroatoms. The highest BCUT2D eigenvalue weighted by Gasteiger charge is 2.43. The molecule has 0 spiro atoms. The van der Waals surface area contributed by atoms with Crippen LogP contribution < -0.4 is 5.32 Å². The van der Waals surface area contributed by atoms with E-state index in [0.29, 0.717) is 11.3 Å². The zero-order valence-electron chi connectivity index (χ0n) is 17.4. The molecule has 1 aromatic heterocycles. The van der Waals surface area contributed by atoms with Crippen molar-refractivity contribution in [1.82, 2.24) is 9.55 Å². The number of alkyl halides is 3. The molecule has 1 aliphatic carbocycles. The van der Waals surface area contributed by atoms with E-state index in [1.165, 1.54) is 24.3 Å². The molecule has 1 saturated carbocycles. The Labute approximate surface area is 187 Å². The maximum atomic E-state index is 13.7. The fraction of sp³-hybridized carbons (Fsp3) is 0.200. The molecule has 0 saturated heterocycles. The lowest BCUT2D eigenvalue weighted by Crippen LogP contribution is -2.15. The van der Waals surface area contributed by atoms with Crippen LogP contribution >= 0.6 is 0 Å². The molecule has 5 nitrogen and oxygen atoms in total. The first-order valence-electron chi connectivity index (χ1n) is 10.5. The summed E-state index contributed by atoms with van der Waals surface area (Å²) < 4.78 is 42.1. The second-order valence-corrected chi connectivity index (χ2v) is 8.15. The number of amides is 1. The van der Waals surface area contributed by atoms with E-state index in [9.17, 15) is 23.1 Å². The Morgan fingerprint density at radius 3 is 2.45 bits per heavy atom. The van der Waals surface area contributed by atoms with Gasteiger partial charge in [-0.25, -0.2) is 4.98 Å². The van der Waals surface area contributed by atoms with Gasteiger partial charge in [0.25, 0.3) is 0 Å². The standard InChI is InChI=1S/C25H20F3N3O2/c26-25(27,28)24-30-21-12-15(14-32)6-11-22(21)31(24)18-9-7-17(8-10-18)29-23(33)20-13-19(20)16-4-2-1-3-5-16/h1-12,19-20,32H,13-14H2,(H,29,33). The number of carbonyl (C=O) groups excluding carboxylic acids is 1. The van der Waals surface area contributed by atoms with Crippen molar-refractivity contribution in [2.45, 2.75) is 25.1 Å². The number of nitrogens with one attached hydrogen (secondary N) is 1. The van der Waals surface area contributed by atoms with Gasteiger partial charge >= 0.3 is 6.18 Å². The predicted octanol–water partition coefficient (Wildman–Crippen LogP) is 5.28. The summed E-state index contributed by atoms with van der Waals surface area (Å²) in [4.78, 5) is 16.4. The number of aliphatic hydroxyl groups excluding tert-OH is 1. The normalized spacial score (nSPS) is 17.8. The second kappa shape index (κ2) is 8.04. The van der Waals surface area contributed by atoms with Gasteiger partial charge in [-0.15, -0.1) is 0 Å². The Bertz CT molecular complexity index is 1310. The molecular formula is C25H20F3N3O2. The quantitative estimate of drug-likeness (QED) is 0.434. The fourth-order valence-corrected chi connectivity index (χ4v) is 4.16. The number of anilines is 1. The zero-order valence-corrected chi connectivity index (χ0v) is 17.4. The first-order valence-corrected chi connectivity index (χ1v) is 10.5. The van der Waals surface area contributed by atoms with Crippen LogP contribution in [0.4, 0.5) is 18.9 Å². The van der Waals surface area contributed by atoms with Crippen molar-refractivity contribution in [2.75, 3.05) is 5.32 Å². The van der Waals surface area contributed by atoms with E-state index >= 15 is 0 Å². The molecule has 0 bridgehead atoms. The van der Waals surface area contributed by atoms with Crippen LogP contribution in [-0.4, -0.2) is 20.6 Å². The highest BCUT2D eigenvalue weighted by atomic mass is 19.4. The molecule has 1 fully saturated rings. The van der Waals surface area contributed by atoms with E-state index in [-0.39, 0.29) is 41.1 Å². The minimum atomic E-state index is -4.66. The molecule has 1 heterocycles. The Hall–Kier alpha value is -3.65. The number of rotatable bonds is 5. The smallest absolute Gasteiger partial charge is 0.392 e. The Morgan fingerprint density at radius 2 is 1.79 bits per heavy atom. The van der Waals surface area contributed by atoms with Crippen LogP contribution in [0.25, 0.3) is 16.7 Å². The number of nitrogens with zero attached hydrogens (tertiary/aromatic N) is 2. The minimum Gasteiger partial charge on any atom is -0.392 e. The SMILES string of the molecule is O=C(Nc1ccc(-n2c(C(F)(F)F)nc3cc(CO)ccc32)cc1)C1CC1c1ccccc1. The third-order valence-electron chi connectivity index (χ3n) is 5.90. The summed E-state index contributed by atoms with van der Waals surface area (Å²) in [7, 11) is 0. The van der Waals surface area contributed by atoms with E-state index < -0.39 is 12.0 Å². The van der Waals surface area contributed by atoms with Gasteiger partial charge in [0.1, 0.15) is 0 Å². The number of carbonyl (C=O) groups is 1. The third-order valence-corrected chi connectivity index (χ3v) is 5.90. The summed E-state index contributed by atoms with van der Waals surface area (Å²) >= 11 is 0. The van der Waals surface area contributed by atoms with E-state index in [1.54, 1.807) is 18.2 Å². The molecule has 5 rings (SSSR count). The summed E-state index contributed by atoms with van der Waals surface area (Å²) in [6.45, 7) is -0.287. The number of hydrogen-bond acceptors (Lipinski definition) is 3. The molecule has 2 N–H and O–H groups in total. The average molecular weight is 451 g/mol. The maximum absolute atomic E-state index is 13.7. The van der Waals surface area contributed by atoms with Crippen molar-refractivity contribution >= 4 is 22.6 Å². The Morgan fingerprint density at radius 1 is 1.06 bits per heavy atom. The third kappa shape index (κ3) is 4.09. The van der Waals surface area contributed by atoms with Gasteiger partial charge in [0.15, 0.2) is 0 Å². The molecule has 33 heavy (non-hydrogen) atoms. The van der Waals surface area contributed by atoms with Gasteiger partial charge in [-0.05, 0) is 59.9 Å². The zero-order chi connectivity index (χ0) is 23.2. The van der Waals surface area contributed by atoms with E-state index in [0.717, 1.165) is 16.6 Å². The summed E-state index contributed by atoms with van der Waals surface area (Å²) in [6, 6.07) is 20.6. The molecular weight excluding hydrogens is 431 g/mol. The first-order chi connectivity index (χ1) is 15.8. The van der Waals surface area contributed by atoms with E-state index in [2.05, 4.69) is 10.3 Å². The van der Waals surface area contributed by atoms with Crippen LogP contribution in [0.3, 0.4) is 0 Å². The van der Waals surface area contributed by atoms with Gasteiger partial charge in [-0.3, -0.25) is 9.36 Å². The molecule has 3 aromatic carbocycles. The molecule has 2 atom stereocenters. The van der Waals surface area contributed by atoms with Crippen LogP contribution in [0.1, 0.15) is 29.3 Å². The Kier molecular flexibility index (Phi) is 5.17. The summed E-state index contributed by atoms with van der Waals surface area (Å²) in [5.74, 6) is -1.06. The highest BCUT2D eigenvalue weighted by molar-refractivity contribution is 5.95. The van der Waals surface area contributed by atoms with Crippen LogP contribution in [0, 0.1) is 5.92 Å². The van der Waals surface area contributed by atoms with Crippen molar-refractivity contribution in [1.29, 1.82) is 0 Å². The van der Waals surface area contributed by atoms with Crippen LogP contribution in [0.5, 0.6) is 0 Å². The number of fused-ring (bicyclic) bond motifs is 1. The van der Waals surface area contributed by atoms with Crippen LogP contribution in [-0.2, 0) is 17.6 Å². The van der Waals surface area contributed by atoms with Gasteiger partial charge in [0, 0.05) is 17.3 Å². The van der Waals surface area contributed by atoms with Crippen molar-refractivity contribution in [3.05, 3.63) is 89.7 Å². The number of aromatic nitrogens is 2. The predicted molar refractivity (Wildman–Crippen MR) is 118 cm³/mol. The molecule has 0 aliphatic heterocycles. The van der Waals surface area contributed by atoms with Crippen LogP contribution in [0.2, 0.25) is 0 Å². The van der Waals surface area contributed by atoms with Crippen molar-refractivity contribution < 1.29 is 23.1 Å². The fourth-order valence-electron chi connectivity index (χ4n) is 4.16. The van der Waals surface area contributed by atoms with Gasteiger partial charge in [-0.2, -0.15) is 13.2 Å². The van der Waals surface area contributed by atoms with Gasteiger partial charge in [0.2, 0.25) is 11.7 Å².